The van der Waals surface area contributed by atoms with Crippen LogP contribution in [-0.4, -0.2) is 35.0 Å². The number of rotatable bonds is 6. The Hall–Kier alpha value is -0.710. The lowest BCUT2D eigenvalue weighted by molar-refractivity contribution is -0.137. The van der Waals surface area contributed by atoms with Crippen molar-refractivity contribution in [1.82, 2.24) is 5.32 Å². The predicted molar refractivity (Wildman–Crippen MR) is 64.5 cm³/mol. The topological polar surface area (TPSA) is 66.4 Å². The van der Waals surface area contributed by atoms with E-state index in [0.29, 0.717) is 5.75 Å². The summed E-state index contributed by atoms with van der Waals surface area (Å²) in [7, 11) is 0. The van der Waals surface area contributed by atoms with E-state index in [1.807, 2.05) is 0 Å². The van der Waals surface area contributed by atoms with Gasteiger partial charge in [-0.3, -0.25) is 9.59 Å². The van der Waals surface area contributed by atoms with Gasteiger partial charge in [0.2, 0.25) is 5.91 Å². The molecule has 1 saturated carbocycles. The largest absolute Gasteiger partial charge is 0.480 e. The van der Waals surface area contributed by atoms with Crippen molar-refractivity contribution in [2.24, 2.45) is 5.92 Å². The van der Waals surface area contributed by atoms with Crippen LogP contribution in [0.2, 0.25) is 0 Å². The molecule has 16 heavy (non-hydrogen) atoms. The average Bonchev–Trinajstić information content (AvgIpc) is 2.28. The van der Waals surface area contributed by atoms with Crippen LogP contribution in [0.15, 0.2) is 0 Å². The SMILES string of the molecule is O=C(O)CNC(=O)CSCC1CCCCC1. The highest BCUT2D eigenvalue weighted by atomic mass is 32.2. The Labute approximate surface area is 100 Å². The second-order valence-corrected chi connectivity index (χ2v) is 5.22. The van der Waals surface area contributed by atoms with Crippen LogP contribution >= 0.6 is 11.8 Å². The quantitative estimate of drug-likeness (QED) is 0.744. The molecule has 0 heterocycles. The Balaban J connectivity index is 2.01. The molecule has 1 fully saturated rings. The highest BCUT2D eigenvalue weighted by Crippen LogP contribution is 2.26. The first-order valence-electron chi connectivity index (χ1n) is 5.74. The van der Waals surface area contributed by atoms with Crippen LogP contribution in [0.5, 0.6) is 0 Å². The van der Waals surface area contributed by atoms with Gasteiger partial charge in [0.05, 0.1) is 5.75 Å². The molecule has 0 aromatic rings. The van der Waals surface area contributed by atoms with Crippen molar-refractivity contribution in [3.63, 3.8) is 0 Å². The van der Waals surface area contributed by atoms with Gasteiger partial charge in [-0.15, -0.1) is 0 Å². The Morgan fingerprint density at radius 1 is 1.25 bits per heavy atom. The molecular formula is C11H19NO3S. The third-order valence-corrected chi connectivity index (χ3v) is 3.92. The highest BCUT2D eigenvalue weighted by Gasteiger charge is 2.13. The van der Waals surface area contributed by atoms with Gasteiger partial charge in [-0.2, -0.15) is 11.8 Å². The molecule has 0 radical (unpaired) electrons. The van der Waals surface area contributed by atoms with Crippen molar-refractivity contribution in [3.8, 4) is 0 Å². The van der Waals surface area contributed by atoms with Gasteiger partial charge in [0, 0.05) is 0 Å². The van der Waals surface area contributed by atoms with Gasteiger partial charge < -0.3 is 10.4 Å². The molecule has 5 heteroatoms. The summed E-state index contributed by atoms with van der Waals surface area (Å²) in [6, 6.07) is 0. The maximum Gasteiger partial charge on any atom is 0.322 e. The highest BCUT2D eigenvalue weighted by molar-refractivity contribution is 7.99. The standard InChI is InChI=1S/C11H19NO3S/c13-10(12-6-11(14)15)8-16-7-9-4-2-1-3-5-9/h9H,1-8H2,(H,12,13)(H,14,15). The first-order chi connectivity index (χ1) is 7.68. The zero-order valence-corrected chi connectivity index (χ0v) is 10.2. The first-order valence-corrected chi connectivity index (χ1v) is 6.90. The normalized spacial score (nSPS) is 17.0. The van der Waals surface area contributed by atoms with Gasteiger partial charge >= 0.3 is 5.97 Å². The third kappa shape index (κ3) is 6.00. The van der Waals surface area contributed by atoms with Crippen molar-refractivity contribution in [3.05, 3.63) is 0 Å². The van der Waals surface area contributed by atoms with Crippen LogP contribution in [0.4, 0.5) is 0 Å². The Bertz CT molecular complexity index is 239. The number of hydrogen-bond acceptors (Lipinski definition) is 3. The van der Waals surface area contributed by atoms with Gasteiger partial charge in [-0.05, 0) is 24.5 Å². The number of amides is 1. The van der Waals surface area contributed by atoms with E-state index in [1.165, 1.54) is 32.1 Å². The molecule has 0 saturated heterocycles. The molecule has 1 aliphatic rings. The van der Waals surface area contributed by atoms with E-state index in [2.05, 4.69) is 5.32 Å². The summed E-state index contributed by atoms with van der Waals surface area (Å²) in [5, 5.41) is 10.7. The lowest BCUT2D eigenvalue weighted by Crippen LogP contribution is -2.30. The van der Waals surface area contributed by atoms with Crippen molar-refractivity contribution >= 4 is 23.6 Å². The van der Waals surface area contributed by atoms with E-state index >= 15 is 0 Å². The molecule has 0 aromatic heterocycles. The minimum absolute atomic E-state index is 0.178. The summed E-state index contributed by atoms with van der Waals surface area (Å²) in [4.78, 5) is 21.4. The van der Waals surface area contributed by atoms with E-state index < -0.39 is 5.97 Å². The fourth-order valence-corrected chi connectivity index (χ4v) is 2.97. The molecule has 2 N–H and O–H groups in total. The van der Waals surface area contributed by atoms with Crippen molar-refractivity contribution in [2.45, 2.75) is 32.1 Å². The summed E-state index contributed by atoms with van der Waals surface area (Å²) in [6.07, 6.45) is 6.54. The molecule has 92 valence electrons. The number of carboxylic acid groups (broad SMARTS) is 1. The Morgan fingerprint density at radius 3 is 2.56 bits per heavy atom. The van der Waals surface area contributed by atoms with Gasteiger partial charge in [-0.1, -0.05) is 19.3 Å². The van der Waals surface area contributed by atoms with Crippen LogP contribution in [0.3, 0.4) is 0 Å². The van der Waals surface area contributed by atoms with Crippen molar-refractivity contribution in [2.75, 3.05) is 18.1 Å². The molecule has 4 nitrogen and oxygen atoms in total. The van der Waals surface area contributed by atoms with Gasteiger partial charge in [0.1, 0.15) is 6.54 Å². The molecule has 1 rings (SSSR count). The molecule has 0 bridgehead atoms. The molecule has 0 atom stereocenters. The second kappa shape index (κ2) is 7.54. The van der Waals surface area contributed by atoms with Crippen LogP contribution in [-0.2, 0) is 9.59 Å². The number of aliphatic carboxylic acids is 1. The fraction of sp³-hybridized carbons (Fsp3) is 0.818. The van der Waals surface area contributed by atoms with Crippen LogP contribution < -0.4 is 5.32 Å². The lowest BCUT2D eigenvalue weighted by atomic mass is 9.91. The molecule has 0 aromatic carbocycles. The number of nitrogens with one attached hydrogen (secondary N) is 1. The van der Waals surface area contributed by atoms with Crippen LogP contribution in [0.25, 0.3) is 0 Å². The molecule has 0 spiro atoms. The van der Waals surface area contributed by atoms with E-state index in [0.717, 1.165) is 11.7 Å². The lowest BCUT2D eigenvalue weighted by Gasteiger charge is -2.20. The van der Waals surface area contributed by atoms with Gasteiger partial charge in [0.25, 0.3) is 0 Å². The van der Waals surface area contributed by atoms with Gasteiger partial charge in [-0.25, -0.2) is 0 Å². The van der Waals surface area contributed by atoms with E-state index in [-0.39, 0.29) is 12.5 Å². The van der Waals surface area contributed by atoms with Crippen molar-refractivity contribution < 1.29 is 14.7 Å². The number of carboxylic acids is 1. The minimum atomic E-state index is -0.995. The number of hydrogen-bond donors (Lipinski definition) is 2. The Morgan fingerprint density at radius 2 is 1.94 bits per heavy atom. The smallest absolute Gasteiger partial charge is 0.322 e. The predicted octanol–water partition coefficient (Wildman–Crippen LogP) is 1.50. The monoisotopic (exact) mass is 245 g/mol. The second-order valence-electron chi connectivity index (χ2n) is 4.19. The maximum absolute atomic E-state index is 11.2. The zero-order valence-electron chi connectivity index (χ0n) is 9.41. The summed E-state index contributed by atoms with van der Waals surface area (Å²) < 4.78 is 0. The average molecular weight is 245 g/mol. The number of carbonyl (C=O) groups is 2. The van der Waals surface area contributed by atoms with Crippen LogP contribution in [0, 0.1) is 5.92 Å². The first kappa shape index (κ1) is 13.4. The number of carbonyl (C=O) groups excluding carboxylic acids is 1. The molecule has 1 amide bonds. The third-order valence-electron chi connectivity index (χ3n) is 2.75. The van der Waals surface area contributed by atoms with E-state index in [1.54, 1.807) is 11.8 Å². The maximum atomic E-state index is 11.2. The van der Waals surface area contributed by atoms with E-state index in [4.69, 9.17) is 5.11 Å². The summed E-state index contributed by atoms with van der Waals surface area (Å²) in [6.45, 7) is -0.275. The number of thioether (sulfide) groups is 1. The van der Waals surface area contributed by atoms with E-state index in [9.17, 15) is 9.59 Å². The summed E-state index contributed by atoms with van der Waals surface area (Å²) >= 11 is 1.61. The molecule has 0 unspecified atom stereocenters. The fourth-order valence-electron chi connectivity index (χ4n) is 1.90. The molecule has 0 aliphatic heterocycles. The molecule has 1 aliphatic carbocycles. The summed E-state index contributed by atoms with van der Waals surface area (Å²) in [5.74, 6) is 0.990. The zero-order chi connectivity index (χ0) is 11.8. The minimum Gasteiger partial charge on any atom is -0.480 e. The summed E-state index contributed by atoms with van der Waals surface area (Å²) in [5.41, 5.74) is 0. The molecular weight excluding hydrogens is 226 g/mol. The Kier molecular flexibility index (Phi) is 6.30. The van der Waals surface area contributed by atoms with Crippen molar-refractivity contribution in [1.29, 1.82) is 0 Å². The van der Waals surface area contributed by atoms with Gasteiger partial charge in [0.15, 0.2) is 0 Å². The van der Waals surface area contributed by atoms with Crippen LogP contribution in [0.1, 0.15) is 32.1 Å².